The summed E-state index contributed by atoms with van der Waals surface area (Å²) in [7, 11) is 0. The standard InChI is InChI=1S/C22H20FN3O3/c23-18-3-1-2-17(11-18)20-19(12-24-25-20)21(27)26-9-8-15(13-26)10-14-4-6-16(7-5-14)22(28)29/h1-7,11-12,15H,8-10,13H2,(H,24,25)(H,28,29). The minimum absolute atomic E-state index is 0.123. The van der Waals surface area contributed by atoms with Crippen molar-refractivity contribution in [2.75, 3.05) is 13.1 Å². The van der Waals surface area contributed by atoms with Crippen LogP contribution in [0.4, 0.5) is 4.39 Å². The highest BCUT2D eigenvalue weighted by Crippen LogP contribution is 2.27. The summed E-state index contributed by atoms with van der Waals surface area (Å²) in [5.41, 5.74) is 2.85. The van der Waals surface area contributed by atoms with E-state index in [1.807, 2.05) is 12.1 Å². The van der Waals surface area contributed by atoms with Gasteiger partial charge in [0, 0.05) is 18.7 Å². The number of hydrogen-bond acceptors (Lipinski definition) is 3. The topological polar surface area (TPSA) is 86.3 Å². The number of aromatic carboxylic acids is 1. The van der Waals surface area contributed by atoms with Gasteiger partial charge in [0.15, 0.2) is 0 Å². The number of likely N-dealkylation sites (tertiary alicyclic amines) is 1. The predicted molar refractivity (Wildman–Crippen MR) is 105 cm³/mol. The largest absolute Gasteiger partial charge is 0.478 e. The second kappa shape index (κ2) is 7.87. The molecule has 0 saturated carbocycles. The fourth-order valence-corrected chi connectivity index (χ4v) is 3.78. The molecular formula is C22H20FN3O3. The number of nitrogens with zero attached hydrogens (tertiary/aromatic N) is 2. The summed E-state index contributed by atoms with van der Waals surface area (Å²) in [6.07, 6.45) is 3.14. The number of halogens is 1. The molecule has 2 aromatic carbocycles. The number of carbonyl (C=O) groups is 2. The maximum atomic E-state index is 13.6. The summed E-state index contributed by atoms with van der Waals surface area (Å²) in [5.74, 6) is -1.13. The maximum absolute atomic E-state index is 13.6. The maximum Gasteiger partial charge on any atom is 0.335 e. The van der Waals surface area contributed by atoms with Gasteiger partial charge in [0.05, 0.1) is 23.0 Å². The van der Waals surface area contributed by atoms with Crippen molar-refractivity contribution in [3.63, 3.8) is 0 Å². The number of H-pyrrole nitrogens is 1. The zero-order valence-corrected chi connectivity index (χ0v) is 15.6. The van der Waals surface area contributed by atoms with E-state index >= 15 is 0 Å². The van der Waals surface area contributed by atoms with Crippen LogP contribution in [0, 0.1) is 11.7 Å². The van der Waals surface area contributed by atoms with Crippen molar-refractivity contribution in [2.24, 2.45) is 5.92 Å². The zero-order valence-electron chi connectivity index (χ0n) is 15.6. The monoisotopic (exact) mass is 393 g/mol. The van der Waals surface area contributed by atoms with E-state index in [0.717, 1.165) is 18.4 Å². The molecule has 1 unspecified atom stereocenters. The van der Waals surface area contributed by atoms with Crippen LogP contribution >= 0.6 is 0 Å². The summed E-state index contributed by atoms with van der Waals surface area (Å²) >= 11 is 0. The van der Waals surface area contributed by atoms with Crippen molar-refractivity contribution >= 4 is 11.9 Å². The molecule has 1 aromatic heterocycles. The Labute approximate surface area is 167 Å². The summed E-state index contributed by atoms with van der Waals surface area (Å²) in [5, 5.41) is 15.8. The van der Waals surface area contributed by atoms with Crippen molar-refractivity contribution in [3.8, 4) is 11.3 Å². The molecule has 2 N–H and O–H groups in total. The van der Waals surface area contributed by atoms with Gasteiger partial charge in [-0.1, -0.05) is 24.3 Å². The second-order valence-corrected chi connectivity index (χ2v) is 7.28. The van der Waals surface area contributed by atoms with Crippen molar-refractivity contribution in [2.45, 2.75) is 12.8 Å². The van der Waals surface area contributed by atoms with Crippen molar-refractivity contribution in [3.05, 3.63) is 77.2 Å². The number of carboxylic acid groups (broad SMARTS) is 1. The molecule has 1 aliphatic heterocycles. The Hall–Kier alpha value is -3.48. The van der Waals surface area contributed by atoms with Gasteiger partial charge in [0.25, 0.3) is 5.91 Å². The number of benzene rings is 2. The summed E-state index contributed by atoms with van der Waals surface area (Å²) in [4.78, 5) is 25.8. The first-order valence-corrected chi connectivity index (χ1v) is 9.42. The second-order valence-electron chi connectivity index (χ2n) is 7.28. The van der Waals surface area contributed by atoms with E-state index in [9.17, 15) is 14.0 Å². The molecule has 1 atom stereocenters. The first kappa shape index (κ1) is 18.9. The molecule has 7 heteroatoms. The Morgan fingerprint density at radius 2 is 2.00 bits per heavy atom. The summed E-state index contributed by atoms with van der Waals surface area (Å²) in [6, 6.07) is 12.9. The van der Waals surface area contributed by atoms with Crippen LogP contribution in [-0.4, -0.2) is 45.2 Å². The molecule has 1 saturated heterocycles. The average molecular weight is 393 g/mol. The van der Waals surface area contributed by atoms with Crippen LogP contribution in [0.25, 0.3) is 11.3 Å². The van der Waals surface area contributed by atoms with Gasteiger partial charge in [-0.3, -0.25) is 9.89 Å². The van der Waals surface area contributed by atoms with E-state index in [-0.39, 0.29) is 17.3 Å². The van der Waals surface area contributed by atoms with E-state index < -0.39 is 5.97 Å². The molecule has 29 heavy (non-hydrogen) atoms. The Bertz CT molecular complexity index is 1050. The van der Waals surface area contributed by atoms with Gasteiger partial charge in [-0.2, -0.15) is 5.10 Å². The summed E-state index contributed by atoms with van der Waals surface area (Å²) in [6.45, 7) is 1.26. The average Bonchev–Trinajstić information content (AvgIpc) is 3.38. The lowest BCUT2D eigenvalue weighted by Gasteiger charge is -2.17. The van der Waals surface area contributed by atoms with Gasteiger partial charge in [-0.15, -0.1) is 0 Å². The van der Waals surface area contributed by atoms with Crippen molar-refractivity contribution in [1.29, 1.82) is 0 Å². The lowest BCUT2D eigenvalue weighted by Crippen LogP contribution is -2.29. The number of carbonyl (C=O) groups excluding carboxylic acids is 1. The van der Waals surface area contributed by atoms with Gasteiger partial charge in [0.1, 0.15) is 5.82 Å². The molecule has 148 valence electrons. The van der Waals surface area contributed by atoms with E-state index in [1.54, 1.807) is 29.2 Å². The molecule has 4 rings (SSSR count). The molecule has 0 spiro atoms. The molecule has 1 amide bonds. The summed E-state index contributed by atoms with van der Waals surface area (Å²) < 4.78 is 13.6. The van der Waals surface area contributed by atoms with E-state index in [1.165, 1.54) is 18.3 Å². The molecular weight excluding hydrogens is 373 g/mol. The van der Waals surface area contributed by atoms with Crippen LogP contribution in [-0.2, 0) is 6.42 Å². The number of nitrogens with one attached hydrogen (secondary N) is 1. The Kier molecular flexibility index (Phi) is 5.12. The number of aromatic amines is 1. The number of amides is 1. The van der Waals surface area contributed by atoms with Crippen LogP contribution in [0.15, 0.2) is 54.7 Å². The SMILES string of the molecule is O=C(O)c1ccc(CC2CCN(C(=O)c3cn[nH]c3-c3cccc(F)c3)C2)cc1. The Morgan fingerprint density at radius 1 is 1.21 bits per heavy atom. The lowest BCUT2D eigenvalue weighted by atomic mass is 9.98. The van der Waals surface area contributed by atoms with Gasteiger partial charge in [0.2, 0.25) is 0 Å². The highest BCUT2D eigenvalue weighted by molar-refractivity contribution is 5.99. The first-order valence-electron chi connectivity index (χ1n) is 9.42. The van der Waals surface area contributed by atoms with Gasteiger partial charge in [-0.25, -0.2) is 9.18 Å². The minimum atomic E-state index is -0.941. The van der Waals surface area contributed by atoms with E-state index in [4.69, 9.17) is 5.11 Å². The third kappa shape index (κ3) is 4.03. The predicted octanol–water partition coefficient (Wildman–Crippen LogP) is 3.62. The van der Waals surface area contributed by atoms with Crippen LogP contribution in [0.3, 0.4) is 0 Å². The number of rotatable bonds is 5. The van der Waals surface area contributed by atoms with Gasteiger partial charge in [-0.05, 0) is 48.6 Å². The smallest absolute Gasteiger partial charge is 0.335 e. The first-order chi connectivity index (χ1) is 14.0. The van der Waals surface area contributed by atoms with Crippen molar-refractivity contribution in [1.82, 2.24) is 15.1 Å². The van der Waals surface area contributed by atoms with Gasteiger partial charge >= 0.3 is 5.97 Å². The quantitative estimate of drug-likeness (QED) is 0.693. The van der Waals surface area contributed by atoms with Crippen LogP contribution in [0.2, 0.25) is 0 Å². The van der Waals surface area contributed by atoms with Crippen molar-refractivity contribution < 1.29 is 19.1 Å². The Morgan fingerprint density at radius 3 is 2.72 bits per heavy atom. The molecule has 0 radical (unpaired) electrons. The molecule has 0 bridgehead atoms. The van der Waals surface area contributed by atoms with Crippen LogP contribution in [0.1, 0.15) is 32.7 Å². The van der Waals surface area contributed by atoms with Crippen LogP contribution < -0.4 is 0 Å². The molecule has 1 aliphatic rings. The third-order valence-corrected chi connectivity index (χ3v) is 5.28. The lowest BCUT2D eigenvalue weighted by molar-refractivity contribution is 0.0696. The fraction of sp³-hybridized carbons (Fsp3) is 0.227. The number of hydrogen-bond donors (Lipinski definition) is 2. The number of aromatic nitrogens is 2. The molecule has 3 aromatic rings. The molecule has 1 fully saturated rings. The molecule has 2 heterocycles. The minimum Gasteiger partial charge on any atom is -0.478 e. The zero-order chi connectivity index (χ0) is 20.4. The van der Waals surface area contributed by atoms with Crippen LogP contribution in [0.5, 0.6) is 0 Å². The fourth-order valence-electron chi connectivity index (χ4n) is 3.78. The number of carboxylic acids is 1. The Balaban J connectivity index is 1.44. The van der Waals surface area contributed by atoms with E-state index in [2.05, 4.69) is 10.2 Å². The molecule has 0 aliphatic carbocycles. The highest BCUT2D eigenvalue weighted by atomic mass is 19.1. The highest BCUT2D eigenvalue weighted by Gasteiger charge is 2.29. The van der Waals surface area contributed by atoms with E-state index in [0.29, 0.717) is 35.8 Å². The normalized spacial score (nSPS) is 16.2. The molecule has 6 nitrogen and oxygen atoms in total. The van der Waals surface area contributed by atoms with Gasteiger partial charge < -0.3 is 10.0 Å². The third-order valence-electron chi connectivity index (χ3n) is 5.28.